The number of aromatic nitrogens is 3. The van der Waals surface area contributed by atoms with Crippen LogP contribution in [0.5, 0.6) is 0 Å². The van der Waals surface area contributed by atoms with E-state index in [0.29, 0.717) is 16.5 Å². The zero-order chi connectivity index (χ0) is 11.9. The van der Waals surface area contributed by atoms with E-state index in [9.17, 15) is 0 Å². The van der Waals surface area contributed by atoms with Gasteiger partial charge in [-0.1, -0.05) is 11.6 Å². The first-order valence-corrected chi connectivity index (χ1v) is 5.32. The van der Waals surface area contributed by atoms with Crippen LogP contribution >= 0.6 is 11.6 Å². The lowest BCUT2D eigenvalue weighted by molar-refractivity contribution is 0.808. The van der Waals surface area contributed by atoms with Gasteiger partial charge < -0.3 is 5.73 Å². The Hall–Kier alpha value is -1.55. The second-order valence-electron chi connectivity index (χ2n) is 3.77. The molecule has 84 valence electrons. The van der Waals surface area contributed by atoms with Crippen molar-refractivity contribution in [2.24, 2.45) is 0 Å². The second kappa shape index (κ2) is 3.79. The molecule has 0 aliphatic heterocycles. The normalized spacial score (nSPS) is 10.8. The molecule has 0 aliphatic rings. The first kappa shape index (κ1) is 11.0. The Morgan fingerprint density at radius 2 is 2.00 bits per heavy atom. The molecule has 0 fully saturated rings. The van der Waals surface area contributed by atoms with Gasteiger partial charge in [0.1, 0.15) is 0 Å². The molecule has 2 rings (SSSR count). The topological polar surface area (TPSA) is 56.7 Å². The number of pyridine rings is 1. The van der Waals surface area contributed by atoms with E-state index in [0.717, 1.165) is 17.0 Å². The largest absolute Gasteiger partial charge is 0.396 e. The molecule has 2 aromatic heterocycles. The van der Waals surface area contributed by atoms with Crippen LogP contribution in [0, 0.1) is 20.8 Å². The van der Waals surface area contributed by atoms with E-state index < -0.39 is 0 Å². The van der Waals surface area contributed by atoms with Crippen LogP contribution in [0.3, 0.4) is 0 Å². The number of nitrogens with zero attached hydrogens (tertiary/aromatic N) is 3. The molecule has 5 heteroatoms. The Bertz CT molecular complexity index is 545. The number of rotatable bonds is 1. The molecular formula is C11H13ClN4. The summed E-state index contributed by atoms with van der Waals surface area (Å²) < 4.78 is 1.75. The van der Waals surface area contributed by atoms with Crippen molar-refractivity contribution in [3.05, 3.63) is 34.2 Å². The molecular weight excluding hydrogens is 224 g/mol. The van der Waals surface area contributed by atoms with Crippen LogP contribution in [0.2, 0.25) is 5.02 Å². The summed E-state index contributed by atoms with van der Waals surface area (Å²) in [5.74, 6) is 0.623. The fourth-order valence-corrected chi connectivity index (χ4v) is 1.72. The predicted molar refractivity (Wildman–Crippen MR) is 65.0 cm³/mol. The molecule has 0 spiro atoms. The molecule has 0 atom stereocenters. The molecule has 2 N–H and O–H groups in total. The van der Waals surface area contributed by atoms with Crippen molar-refractivity contribution >= 4 is 17.3 Å². The third-order valence-corrected chi connectivity index (χ3v) is 2.92. The van der Waals surface area contributed by atoms with Crippen LogP contribution in [0.25, 0.3) is 5.82 Å². The van der Waals surface area contributed by atoms with Crippen LogP contribution in [-0.4, -0.2) is 14.8 Å². The third kappa shape index (κ3) is 1.65. The maximum absolute atomic E-state index is 5.87. The molecule has 0 aromatic carbocycles. The van der Waals surface area contributed by atoms with E-state index in [1.165, 1.54) is 0 Å². The van der Waals surface area contributed by atoms with Gasteiger partial charge in [0.05, 0.1) is 16.4 Å². The first-order chi connectivity index (χ1) is 7.50. The maximum atomic E-state index is 5.87. The van der Waals surface area contributed by atoms with Gasteiger partial charge in [-0.2, -0.15) is 5.10 Å². The predicted octanol–water partition coefficient (Wildman–Crippen LogP) is 2.43. The molecule has 0 radical (unpaired) electrons. The van der Waals surface area contributed by atoms with Gasteiger partial charge in [-0.25, -0.2) is 9.67 Å². The lowest BCUT2D eigenvalue weighted by Crippen LogP contribution is -2.06. The van der Waals surface area contributed by atoms with Crippen molar-refractivity contribution in [3.8, 4) is 5.82 Å². The Balaban J connectivity index is 2.63. The summed E-state index contributed by atoms with van der Waals surface area (Å²) in [6.07, 6.45) is 1.57. The Morgan fingerprint density at radius 1 is 1.31 bits per heavy atom. The van der Waals surface area contributed by atoms with E-state index in [1.807, 2.05) is 20.8 Å². The lowest BCUT2D eigenvalue weighted by Gasteiger charge is -2.06. The van der Waals surface area contributed by atoms with Crippen LogP contribution in [-0.2, 0) is 0 Å². The van der Waals surface area contributed by atoms with Crippen LogP contribution in [0.1, 0.15) is 17.0 Å². The van der Waals surface area contributed by atoms with Gasteiger partial charge >= 0.3 is 0 Å². The molecule has 0 bridgehead atoms. The van der Waals surface area contributed by atoms with Crippen molar-refractivity contribution in [2.45, 2.75) is 20.8 Å². The minimum Gasteiger partial charge on any atom is -0.396 e. The Morgan fingerprint density at radius 3 is 2.50 bits per heavy atom. The van der Waals surface area contributed by atoms with Gasteiger partial charge in [0, 0.05) is 11.9 Å². The van der Waals surface area contributed by atoms with Crippen molar-refractivity contribution in [1.29, 1.82) is 0 Å². The number of hydrogen-bond acceptors (Lipinski definition) is 3. The van der Waals surface area contributed by atoms with Crippen molar-refractivity contribution in [1.82, 2.24) is 14.8 Å². The summed E-state index contributed by atoms with van der Waals surface area (Å²) in [7, 11) is 0. The van der Waals surface area contributed by atoms with Gasteiger partial charge in [0.25, 0.3) is 0 Å². The van der Waals surface area contributed by atoms with Gasteiger partial charge in [0.15, 0.2) is 5.82 Å². The lowest BCUT2D eigenvalue weighted by atomic mass is 10.2. The zero-order valence-electron chi connectivity index (χ0n) is 9.45. The standard InChI is InChI=1S/C11H13ClN4/c1-6-7(2)15-16(8(6)3)11-10(13)4-9(12)5-14-11/h4-5H,13H2,1-3H3. The highest BCUT2D eigenvalue weighted by Gasteiger charge is 2.12. The summed E-state index contributed by atoms with van der Waals surface area (Å²) in [5.41, 5.74) is 9.57. The molecule has 0 saturated carbocycles. The zero-order valence-corrected chi connectivity index (χ0v) is 10.2. The van der Waals surface area contributed by atoms with E-state index in [1.54, 1.807) is 16.9 Å². The smallest absolute Gasteiger partial charge is 0.176 e. The number of halogens is 1. The molecule has 2 aromatic rings. The van der Waals surface area contributed by atoms with Crippen LogP contribution in [0.15, 0.2) is 12.3 Å². The number of anilines is 1. The molecule has 0 saturated heterocycles. The molecule has 4 nitrogen and oxygen atoms in total. The summed E-state index contributed by atoms with van der Waals surface area (Å²) in [6.45, 7) is 5.98. The SMILES string of the molecule is Cc1nn(-c2ncc(Cl)cc2N)c(C)c1C. The Kier molecular flexibility index (Phi) is 2.59. The molecule has 2 heterocycles. The fourth-order valence-electron chi connectivity index (χ4n) is 1.55. The molecule has 0 unspecified atom stereocenters. The van der Waals surface area contributed by atoms with Gasteiger partial charge in [-0.15, -0.1) is 0 Å². The van der Waals surface area contributed by atoms with Crippen LogP contribution in [0.4, 0.5) is 5.69 Å². The monoisotopic (exact) mass is 236 g/mol. The second-order valence-corrected chi connectivity index (χ2v) is 4.21. The van der Waals surface area contributed by atoms with Gasteiger partial charge in [0.2, 0.25) is 0 Å². The number of aryl methyl sites for hydroxylation is 1. The highest BCUT2D eigenvalue weighted by Crippen LogP contribution is 2.21. The van der Waals surface area contributed by atoms with E-state index in [4.69, 9.17) is 17.3 Å². The highest BCUT2D eigenvalue weighted by molar-refractivity contribution is 6.30. The van der Waals surface area contributed by atoms with E-state index >= 15 is 0 Å². The highest BCUT2D eigenvalue weighted by atomic mass is 35.5. The number of hydrogen-bond donors (Lipinski definition) is 1. The summed E-state index contributed by atoms with van der Waals surface area (Å²) in [6, 6.07) is 1.68. The average Bonchev–Trinajstić information content (AvgIpc) is 2.46. The van der Waals surface area contributed by atoms with Gasteiger partial charge in [-0.05, 0) is 32.4 Å². The number of nitrogens with two attached hydrogens (primary N) is 1. The maximum Gasteiger partial charge on any atom is 0.176 e. The van der Waals surface area contributed by atoms with E-state index in [-0.39, 0.29) is 0 Å². The van der Waals surface area contributed by atoms with E-state index in [2.05, 4.69) is 10.1 Å². The van der Waals surface area contributed by atoms with Gasteiger partial charge in [-0.3, -0.25) is 0 Å². The summed E-state index contributed by atoms with van der Waals surface area (Å²) in [4.78, 5) is 4.21. The van der Waals surface area contributed by atoms with Crippen molar-refractivity contribution in [3.63, 3.8) is 0 Å². The minimum atomic E-state index is 0.526. The molecule has 0 aliphatic carbocycles. The summed E-state index contributed by atoms with van der Waals surface area (Å²) >= 11 is 5.81. The summed E-state index contributed by atoms with van der Waals surface area (Å²) in [5, 5.41) is 4.93. The molecule has 16 heavy (non-hydrogen) atoms. The first-order valence-electron chi connectivity index (χ1n) is 4.95. The quantitative estimate of drug-likeness (QED) is 0.827. The minimum absolute atomic E-state index is 0.526. The van der Waals surface area contributed by atoms with Crippen molar-refractivity contribution < 1.29 is 0 Å². The van der Waals surface area contributed by atoms with Crippen molar-refractivity contribution in [2.75, 3.05) is 5.73 Å². The molecule has 0 amide bonds. The van der Waals surface area contributed by atoms with Crippen LogP contribution < -0.4 is 5.73 Å². The Labute approximate surface area is 99.1 Å². The number of nitrogen functional groups attached to an aromatic ring is 1. The fraction of sp³-hybridized carbons (Fsp3) is 0.273. The average molecular weight is 237 g/mol. The third-order valence-electron chi connectivity index (χ3n) is 2.72.